The number of nitrogens with one attached hydrogen (secondary N) is 1. The van der Waals surface area contributed by atoms with Crippen molar-refractivity contribution in [1.82, 2.24) is 9.80 Å². The second-order valence-corrected chi connectivity index (χ2v) is 6.59. The van der Waals surface area contributed by atoms with Crippen LogP contribution in [0.5, 0.6) is 5.75 Å². The van der Waals surface area contributed by atoms with Crippen molar-refractivity contribution in [2.75, 3.05) is 44.8 Å². The second kappa shape index (κ2) is 8.54. The summed E-state index contributed by atoms with van der Waals surface area (Å²) in [5.41, 5.74) is 0.731. The fraction of sp³-hybridized carbons (Fsp3) is 0.632. The van der Waals surface area contributed by atoms with Crippen molar-refractivity contribution in [2.24, 2.45) is 0 Å². The molecule has 0 radical (unpaired) electrons. The number of benzene rings is 1. The molecule has 2 amide bonds. The van der Waals surface area contributed by atoms with Gasteiger partial charge in [-0.1, -0.05) is 19.1 Å². The summed E-state index contributed by atoms with van der Waals surface area (Å²) < 4.78 is 11.0. The van der Waals surface area contributed by atoms with Gasteiger partial charge in [-0.15, -0.1) is 0 Å². The van der Waals surface area contributed by atoms with E-state index in [-0.39, 0.29) is 6.03 Å². The van der Waals surface area contributed by atoms with Crippen LogP contribution < -0.4 is 10.1 Å². The Hall–Kier alpha value is -1.79. The predicted molar refractivity (Wildman–Crippen MR) is 98.2 cm³/mol. The molecule has 6 nitrogen and oxygen atoms in total. The first kappa shape index (κ1) is 18.0. The molecule has 0 spiro atoms. The highest BCUT2D eigenvalue weighted by molar-refractivity contribution is 5.91. The predicted octanol–water partition coefficient (Wildman–Crippen LogP) is 2.80. The van der Waals surface area contributed by atoms with Gasteiger partial charge >= 0.3 is 6.03 Å². The van der Waals surface area contributed by atoms with E-state index in [9.17, 15) is 4.79 Å². The highest BCUT2D eigenvalue weighted by Gasteiger charge is 2.37. The van der Waals surface area contributed by atoms with Crippen LogP contribution in [0.2, 0.25) is 0 Å². The maximum absolute atomic E-state index is 12.5. The number of anilines is 1. The molecule has 2 saturated heterocycles. The Balaban J connectivity index is 1.52. The van der Waals surface area contributed by atoms with Gasteiger partial charge in [0.05, 0.1) is 12.3 Å². The zero-order valence-electron chi connectivity index (χ0n) is 15.2. The molecule has 25 heavy (non-hydrogen) atoms. The van der Waals surface area contributed by atoms with Gasteiger partial charge in [-0.2, -0.15) is 0 Å². The van der Waals surface area contributed by atoms with Crippen molar-refractivity contribution in [3.8, 4) is 5.75 Å². The summed E-state index contributed by atoms with van der Waals surface area (Å²) in [5.74, 6) is 0.716. The van der Waals surface area contributed by atoms with Crippen molar-refractivity contribution in [3.63, 3.8) is 0 Å². The molecule has 0 aromatic heterocycles. The molecule has 0 unspecified atom stereocenters. The van der Waals surface area contributed by atoms with E-state index in [2.05, 4.69) is 17.1 Å². The van der Waals surface area contributed by atoms with E-state index in [1.807, 2.05) is 36.1 Å². The third kappa shape index (κ3) is 4.25. The summed E-state index contributed by atoms with van der Waals surface area (Å²) in [7, 11) is 0. The molecule has 0 saturated carbocycles. The number of ether oxygens (including phenoxy) is 2. The fourth-order valence-electron chi connectivity index (χ4n) is 3.71. The first-order valence-electron chi connectivity index (χ1n) is 9.34. The highest BCUT2D eigenvalue weighted by atomic mass is 16.5. The van der Waals surface area contributed by atoms with Crippen molar-refractivity contribution in [3.05, 3.63) is 24.3 Å². The highest BCUT2D eigenvalue weighted by Crippen LogP contribution is 2.26. The molecule has 2 fully saturated rings. The lowest BCUT2D eigenvalue weighted by molar-refractivity contribution is -0.0149. The second-order valence-electron chi connectivity index (χ2n) is 6.59. The standard InChI is InChI=1S/C19H29N3O3/c1-3-22(15-9-11-24-12-10-15)16-13-21(14-16)19(23)20-17-7-5-6-8-18(17)25-4-2/h5-8,15-16H,3-4,9-14H2,1-2H3,(H,20,23). The van der Waals surface area contributed by atoms with Crippen LogP contribution in [0.1, 0.15) is 26.7 Å². The fourth-order valence-corrected chi connectivity index (χ4v) is 3.71. The molecule has 1 aromatic carbocycles. The lowest BCUT2D eigenvalue weighted by atomic mass is 10.0. The molecule has 3 rings (SSSR count). The van der Waals surface area contributed by atoms with Crippen LogP contribution in [0.4, 0.5) is 10.5 Å². The zero-order valence-corrected chi connectivity index (χ0v) is 15.2. The Kier molecular flexibility index (Phi) is 6.15. The summed E-state index contributed by atoms with van der Waals surface area (Å²) in [6.45, 7) is 9.03. The van der Waals surface area contributed by atoms with E-state index < -0.39 is 0 Å². The molecule has 1 aromatic rings. The molecular formula is C19H29N3O3. The molecule has 6 heteroatoms. The van der Waals surface area contributed by atoms with Crippen LogP contribution >= 0.6 is 0 Å². The van der Waals surface area contributed by atoms with Gasteiger partial charge in [0.25, 0.3) is 0 Å². The molecule has 0 bridgehead atoms. The van der Waals surface area contributed by atoms with Crippen molar-refractivity contribution in [1.29, 1.82) is 0 Å². The topological polar surface area (TPSA) is 54.0 Å². The third-order valence-electron chi connectivity index (χ3n) is 5.07. The lowest BCUT2D eigenvalue weighted by Gasteiger charge is -2.48. The molecule has 2 aliphatic rings. The van der Waals surface area contributed by atoms with Gasteiger partial charge < -0.3 is 19.7 Å². The normalized spacial score (nSPS) is 18.9. The number of urea groups is 1. The number of rotatable bonds is 6. The Morgan fingerprint density at radius 3 is 2.64 bits per heavy atom. The molecule has 2 aliphatic heterocycles. The number of hydrogen-bond acceptors (Lipinski definition) is 4. The summed E-state index contributed by atoms with van der Waals surface area (Å²) in [4.78, 5) is 16.9. The minimum Gasteiger partial charge on any atom is -0.492 e. The Morgan fingerprint density at radius 1 is 1.24 bits per heavy atom. The summed E-state index contributed by atoms with van der Waals surface area (Å²) >= 11 is 0. The van der Waals surface area contributed by atoms with Crippen LogP contribution in [-0.2, 0) is 4.74 Å². The number of amides is 2. The van der Waals surface area contributed by atoms with Crippen molar-refractivity contribution in [2.45, 2.75) is 38.8 Å². The first-order valence-corrected chi connectivity index (χ1v) is 9.34. The zero-order chi connectivity index (χ0) is 17.6. The minimum absolute atomic E-state index is 0.0496. The van der Waals surface area contributed by atoms with Crippen molar-refractivity contribution >= 4 is 11.7 Å². The number of carbonyl (C=O) groups excluding carboxylic acids is 1. The first-order chi connectivity index (χ1) is 12.2. The summed E-state index contributed by atoms with van der Waals surface area (Å²) in [5, 5.41) is 2.98. The van der Waals surface area contributed by atoms with Gasteiger partial charge in [-0.3, -0.25) is 4.90 Å². The summed E-state index contributed by atoms with van der Waals surface area (Å²) in [6, 6.07) is 8.57. The molecule has 2 heterocycles. The number of likely N-dealkylation sites (N-methyl/N-ethyl adjacent to an activating group) is 1. The average molecular weight is 347 g/mol. The van der Waals surface area contributed by atoms with E-state index in [4.69, 9.17) is 9.47 Å². The van der Waals surface area contributed by atoms with Crippen LogP contribution in [-0.4, -0.2) is 67.4 Å². The van der Waals surface area contributed by atoms with Gasteiger partial charge in [-0.25, -0.2) is 4.79 Å². The molecule has 138 valence electrons. The Labute approximate surface area is 150 Å². The molecule has 1 N–H and O–H groups in total. The lowest BCUT2D eigenvalue weighted by Crippen LogP contribution is -2.64. The third-order valence-corrected chi connectivity index (χ3v) is 5.07. The van der Waals surface area contributed by atoms with E-state index in [0.717, 1.165) is 51.4 Å². The van der Waals surface area contributed by atoms with Crippen LogP contribution in [0.3, 0.4) is 0 Å². The van der Waals surface area contributed by atoms with Crippen LogP contribution in [0, 0.1) is 0 Å². The van der Waals surface area contributed by atoms with E-state index in [0.29, 0.717) is 24.4 Å². The summed E-state index contributed by atoms with van der Waals surface area (Å²) in [6.07, 6.45) is 2.19. The van der Waals surface area contributed by atoms with Crippen LogP contribution in [0.15, 0.2) is 24.3 Å². The van der Waals surface area contributed by atoms with E-state index >= 15 is 0 Å². The van der Waals surface area contributed by atoms with Gasteiger partial charge in [-0.05, 0) is 38.4 Å². The number of carbonyl (C=O) groups is 1. The molecular weight excluding hydrogens is 318 g/mol. The Bertz CT molecular complexity index is 569. The average Bonchev–Trinajstić information content (AvgIpc) is 2.60. The maximum atomic E-state index is 12.5. The number of hydrogen-bond donors (Lipinski definition) is 1. The monoisotopic (exact) mass is 347 g/mol. The van der Waals surface area contributed by atoms with Crippen LogP contribution in [0.25, 0.3) is 0 Å². The maximum Gasteiger partial charge on any atom is 0.322 e. The smallest absolute Gasteiger partial charge is 0.322 e. The largest absolute Gasteiger partial charge is 0.492 e. The quantitative estimate of drug-likeness (QED) is 0.860. The van der Waals surface area contributed by atoms with Gasteiger partial charge in [0, 0.05) is 38.4 Å². The number of likely N-dealkylation sites (tertiary alicyclic amines) is 1. The van der Waals surface area contributed by atoms with E-state index in [1.54, 1.807) is 0 Å². The SMILES string of the molecule is CCOc1ccccc1NC(=O)N1CC(N(CC)C2CCOCC2)C1. The van der Waals surface area contributed by atoms with Gasteiger partial charge in [0.1, 0.15) is 5.75 Å². The van der Waals surface area contributed by atoms with Gasteiger partial charge in [0.2, 0.25) is 0 Å². The number of nitrogens with zero attached hydrogens (tertiary/aromatic N) is 2. The Morgan fingerprint density at radius 2 is 1.96 bits per heavy atom. The number of para-hydroxylation sites is 2. The molecule has 0 atom stereocenters. The minimum atomic E-state index is -0.0496. The van der Waals surface area contributed by atoms with Crippen molar-refractivity contribution < 1.29 is 14.3 Å². The van der Waals surface area contributed by atoms with Gasteiger partial charge in [0.15, 0.2) is 0 Å². The molecule has 0 aliphatic carbocycles. The van der Waals surface area contributed by atoms with E-state index in [1.165, 1.54) is 0 Å².